The summed E-state index contributed by atoms with van der Waals surface area (Å²) in [4.78, 5) is -0.0848. The lowest BCUT2D eigenvalue weighted by molar-refractivity contribution is 0.281. The van der Waals surface area contributed by atoms with Crippen molar-refractivity contribution < 1.29 is 13.5 Å². The standard InChI is InChI=1S/C13H10Br2ClNO3S/c14-9-2-1-3-10(15)13(9)17-21(19,20)12-6-8(7-18)4-5-11(12)16/h1-6,17-18H,7H2. The number of aliphatic hydroxyl groups excluding tert-OH is 1. The molecule has 21 heavy (non-hydrogen) atoms. The van der Waals surface area contributed by atoms with Crippen LogP contribution in [0.1, 0.15) is 5.56 Å². The van der Waals surface area contributed by atoms with E-state index in [2.05, 4.69) is 36.6 Å². The molecule has 0 radical (unpaired) electrons. The highest BCUT2D eigenvalue weighted by Gasteiger charge is 2.20. The average Bonchev–Trinajstić information content (AvgIpc) is 2.43. The molecular formula is C13H10Br2ClNO3S. The Hall–Kier alpha value is -0.600. The van der Waals surface area contributed by atoms with E-state index < -0.39 is 10.0 Å². The van der Waals surface area contributed by atoms with Crippen molar-refractivity contribution in [3.05, 3.63) is 55.9 Å². The Morgan fingerprint density at radius 3 is 2.33 bits per heavy atom. The van der Waals surface area contributed by atoms with E-state index >= 15 is 0 Å². The van der Waals surface area contributed by atoms with Crippen LogP contribution in [0.15, 0.2) is 50.2 Å². The zero-order valence-corrected chi connectivity index (χ0v) is 15.2. The van der Waals surface area contributed by atoms with Gasteiger partial charge in [-0.2, -0.15) is 0 Å². The largest absolute Gasteiger partial charge is 0.392 e. The minimum absolute atomic E-state index is 0.0848. The van der Waals surface area contributed by atoms with Gasteiger partial charge in [-0.1, -0.05) is 23.7 Å². The summed E-state index contributed by atoms with van der Waals surface area (Å²) in [7, 11) is -3.87. The molecule has 8 heteroatoms. The fraction of sp³-hybridized carbons (Fsp3) is 0.0769. The molecule has 0 amide bonds. The van der Waals surface area contributed by atoms with Crippen molar-refractivity contribution in [3.63, 3.8) is 0 Å². The quantitative estimate of drug-likeness (QED) is 0.728. The zero-order valence-electron chi connectivity index (χ0n) is 10.5. The van der Waals surface area contributed by atoms with E-state index in [9.17, 15) is 8.42 Å². The highest BCUT2D eigenvalue weighted by Crippen LogP contribution is 2.33. The topological polar surface area (TPSA) is 66.4 Å². The second-order valence-electron chi connectivity index (χ2n) is 4.13. The number of nitrogens with one attached hydrogen (secondary N) is 1. The Balaban J connectivity index is 2.48. The van der Waals surface area contributed by atoms with Crippen LogP contribution < -0.4 is 4.72 Å². The molecule has 2 aromatic carbocycles. The average molecular weight is 456 g/mol. The van der Waals surface area contributed by atoms with Gasteiger partial charge in [0.05, 0.1) is 17.3 Å². The summed E-state index contributed by atoms with van der Waals surface area (Å²) in [5.74, 6) is 0. The van der Waals surface area contributed by atoms with E-state index in [4.69, 9.17) is 16.7 Å². The molecular weight excluding hydrogens is 445 g/mol. The summed E-state index contributed by atoms with van der Waals surface area (Å²) < 4.78 is 28.6. The van der Waals surface area contributed by atoms with Crippen LogP contribution in [0.3, 0.4) is 0 Å². The van der Waals surface area contributed by atoms with Gasteiger partial charge in [0.25, 0.3) is 10.0 Å². The Morgan fingerprint density at radius 2 is 1.76 bits per heavy atom. The second-order valence-corrected chi connectivity index (χ2v) is 7.89. The van der Waals surface area contributed by atoms with Crippen molar-refractivity contribution in [2.75, 3.05) is 4.72 Å². The fourth-order valence-corrected chi connectivity index (χ4v) is 4.75. The van der Waals surface area contributed by atoms with Crippen molar-refractivity contribution in [2.24, 2.45) is 0 Å². The molecule has 2 rings (SSSR count). The summed E-state index contributed by atoms with van der Waals surface area (Å²) in [5.41, 5.74) is 0.842. The molecule has 0 aliphatic carbocycles. The Bertz CT molecular complexity index is 761. The number of aliphatic hydroxyl groups is 1. The number of hydrogen-bond donors (Lipinski definition) is 2. The van der Waals surface area contributed by atoms with Gasteiger partial charge < -0.3 is 5.11 Å². The van der Waals surface area contributed by atoms with Gasteiger partial charge in [-0.25, -0.2) is 8.42 Å². The Morgan fingerprint density at radius 1 is 1.14 bits per heavy atom. The van der Waals surface area contributed by atoms with Crippen molar-refractivity contribution in [1.82, 2.24) is 0 Å². The number of para-hydroxylation sites is 1. The lowest BCUT2D eigenvalue weighted by Crippen LogP contribution is -2.14. The van der Waals surface area contributed by atoms with Crippen LogP contribution in [-0.4, -0.2) is 13.5 Å². The van der Waals surface area contributed by atoms with Gasteiger partial charge in [-0.3, -0.25) is 4.72 Å². The molecule has 0 aliphatic heterocycles. The van der Waals surface area contributed by atoms with Crippen LogP contribution >= 0.6 is 43.5 Å². The summed E-state index contributed by atoms with van der Waals surface area (Å²) in [6.07, 6.45) is 0. The van der Waals surface area contributed by atoms with E-state index in [-0.39, 0.29) is 16.5 Å². The molecule has 0 unspecified atom stereocenters. The number of anilines is 1. The first-order chi connectivity index (χ1) is 9.85. The number of halogens is 3. The van der Waals surface area contributed by atoms with Gasteiger partial charge in [0, 0.05) is 8.95 Å². The maximum atomic E-state index is 12.5. The lowest BCUT2D eigenvalue weighted by atomic mass is 10.2. The minimum Gasteiger partial charge on any atom is -0.392 e. The number of hydrogen-bond acceptors (Lipinski definition) is 3. The fourth-order valence-electron chi connectivity index (χ4n) is 1.64. The van der Waals surface area contributed by atoms with Crippen molar-refractivity contribution in [2.45, 2.75) is 11.5 Å². The SMILES string of the molecule is O=S(=O)(Nc1c(Br)cccc1Br)c1cc(CO)ccc1Cl. The molecule has 2 N–H and O–H groups in total. The zero-order chi connectivity index (χ0) is 15.6. The normalized spacial score (nSPS) is 11.4. The molecule has 0 aromatic heterocycles. The Labute approximate surface area is 144 Å². The molecule has 0 saturated carbocycles. The molecule has 0 fully saturated rings. The lowest BCUT2D eigenvalue weighted by Gasteiger charge is -2.13. The molecule has 0 aliphatic rings. The predicted octanol–water partition coefficient (Wildman–Crippen LogP) is 4.16. The number of sulfonamides is 1. The molecule has 0 atom stereocenters. The van der Waals surface area contributed by atoms with Gasteiger partial charge in [0.2, 0.25) is 0 Å². The number of benzene rings is 2. The first-order valence-electron chi connectivity index (χ1n) is 5.71. The summed E-state index contributed by atoms with van der Waals surface area (Å²) in [6, 6.07) is 9.55. The van der Waals surface area contributed by atoms with Crippen molar-refractivity contribution >= 4 is 59.2 Å². The highest BCUT2D eigenvalue weighted by molar-refractivity contribution is 9.11. The van der Waals surface area contributed by atoms with Crippen LogP contribution in [0.4, 0.5) is 5.69 Å². The monoisotopic (exact) mass is 453 g/mol. The molecule has 2 aromatic rings. The van der Waals surface area contributed by atoms with E-state index in [0.717, 1.165) is 0 Å². The van der Waals surface area contributed by atoms with Crippen molar-refractivity contribution in [3.8, 4) is 0 Å². The summed E-state index contributed by atoms with van der Waals surface area (Å²) in [6.45, 7) is -0.265. The summed E-state index contributed by atoms with van der Waals surface area (Å²) in [5, 5.41) is 9.21. The molecule has 0 saturated heterocycles. The summed E-state index contributed by atoms with van der Waals surface area (Å²) >= 11 is 12.5. The van der Waals surface area contributed by atoms with Gasteiger partial charge >= 0.3 is 0 Å². The van der Waals surface area contributed by atoms with E-state index in [1.54, 1.807) is 24.3 Å². The van der Waals surface area contributed by atoms with Crippen LogP contribution in [0.25, 0.3) is 0 Å². The molecule has 0 spiro atoms. The number of rotatable bonds is 4. The van der Waals surface area contributed by atoms with E-state index in [0.29, 0.717) is 20.2 Å². The van der Waals surface area contributed by atoms with Crippen molar-refractivity contribution in [1.29, 1.82) is 0 Å². The highest BCUT2D eigenvalue weighted by atomic mass is 79.9. The van der Waals surface area contributed by atoms with Crippen LogP contribution in [-0.2, 0) is 16.6 Å². The molecule has 112 valence electrons. The molecule has 0 bridgehead atoms. The van der Waals surface area contributed by atoms with Crippen LogP contribution in [0, 0.1) is 0 Å². The third-order valence-corrected chi connectivity index (χ3v) is 5.82. The van der Waals surface area contributed by atoms with E-state index in [1.165, 1.54) is 12.1 Å². The third kappa shape index (κ3) is 3.78. The van der Waals surface area contributed by atoms with Gasteiger partial charge in [0.1, 0.15) is 4.90 Å². The van der Waals surface area contributed by atoms with E-state index in [1.807, 2.05) is 0 Å². The third-order valence-electron chi connectivity index (χ3n) is 2.67. The predicted molar refractivity (Wildman–Crippen MR) is 90.0 cm³/mol. The first kappa shape index (κ1) is 16.8. The Kier molecular flexibility index (Phi) is 5.32. The van der Waals surface area contributed by atoms with Crippen LogP contribution in [0.2, 0.25) is 5.02 Å². The maximum absolute atomic E-state index is 12.5. The molecule has 4 nitrogen and oxygen atoms in total. The van der Waals surface area contributed by atoms with Gasteiger partial charge in [0.15, 0.2) is 0 Å². The minimum atomic E-state index is -3.87. The smallest absolute Gasteiger partial charge is 0.263 e. The maximum Gasteiger partial charge on any atom is 0.263 e. The first-order valence-corrected chi connectivity index (χ1v) is 9.16. The van der Waals surface area contributed by atoms with Gasteiger partial charge in [-0.15, -0.1) is 0 Å². The van der Waals surface area contributed by atoms with Gasteiger partial charge in [-0.05, 0) is 61.7 Å². The van der Waals surface area contributed by atoms with Crippen LogP contribution in [0.5, 0.6) is 0 Å². The second kappa shape index (κ2) is 6.66. The molecule has 0 heterocycles.